The van der Waals surface area contributed by atoms with Gasteiger partial charge in [0.05, 0.1) is 0 Å². The van der Waals surface area contributed by atoms with Gasteiger partial charge in [-0.3, -0.25) is 14.4 Å². The molecule has 0 aliphatic carbocycles. The summed E-state index contributed by atoms with van der Waals surface area (Å²) in [6.45, 7) is 5.10. The lowest BCUT2D eigenvalue weighted by atomic mass is 10.1. The van der Waals surface area contributed by atoms with E-state index in [0.717, 1.165) is 6.42 Å². The molecule has 3 amide bonds. The first-order valence-electron chi connectivity index (χ1n) is 8.99. The third-order valence-corrected chi connectivity index (χ3v) is 4.27. The Balaban J connectivity index is 1.75. The number of hydrogen-bond donors (Lipinski definition) is 2. The smallest absolute Gasteiger partial charge is 0.251 e. The minimum absolute atomic E-state index is 0.0160. The molecule has 6 nitrogen and oxygen atoms in total. The molecule has 1 fully saturated rings. The van der Waals surface area contributed by atoms with Crippen molar-refractivity contribution in [3.63, 3.8) is 0 Å². The number of amides is 3. The van der Waals surface area contributed by atoms with Gasteiger partial charge in [0.2, 0.25) is 11.8 Å². The predicted molar refractivity (Wildman–Crippen MR) is 95.9 cm³/mol. The molecule has 0 radical (unpaired) electrons. The molecule has 0 bridgehead atoms. The molecular formula is C19H26FN3O3. The first kappa shape index (κ1) is 19.9. The molecule has 26 heavy (non-hydrogen) atoms. The molecule has 2 N–H and O–H groups in total. The fourth-order valence-electron chi connectivity index (χ4n) is 2.99. The van der Waals surface area contributed by atoms with Crippen LogP contribution in [0, 0.1) is 11.7 Å². The average Bonchev–Trinajstić information content (AvgIpc) is 3.08. The van der Waals surface area contributed by atoms with Crippen LogP contribution in [0.3, 0.4) is 0 Å². The summed E-state index contributed by atoms with van der Waals surface area (Å²) in [6, 6.07) is 4.83. The molecule has 1 aromatic carbocycles. The van der Waals surface area contributed by atoms with Crippen molar-refractivity contribution in [1.82, 2.24) is 15.5 Å². The minimum Gasteiger partial charge on any atom is -0.353 e. The van der Waals surface area contributed by atoms with Crippen LogP contribution in [-0.2, 0) is 9.59 Å². The van der Waals surface area contributed by atoms with Crippen molar-refractivity contribution < 1.29 is 18.8 Å². The quantitative estimate of drug-likeness (QED) is 0.724. The van der Waals surface area contributed by atoms with Crippen LogP contribution in [0.2, 0.25) is 0 Å². The van der Waals surface area contributed by atoms with E-state index in [4.69, 9.17) is 0 Å². The molecule has 1 saturated heterocycles. The molecule has 1 aliphatic rings. The number of carbonyl (C=O) groups is 3. The Hall–Kier alpha value is -2.44. The van der Waals surface area contributed by atoms with Gasteiger partial charge in [-0.2, -0.15) is 0 Å². The highest BCUT2D eigenvalue weighted by atomic mass is 19.1. The lowest BCUT2D eigenvalue weighted by molar-refractivity contribution is -0.139. The molecule has 1 atom stereocenters. The zero-order chi connectivity index (χ0) is 19.1. The van der Waals surface area contributed by atoms with Crippen molar-refractivity contribution in [1.29, 1.82) is 0 Å². The number of hydrogen-bond acceptors (Lipinski definition) is 3. The zero-order valence-corrected chi connectivity index (χ0v) is 15.3. The van der Waals surface area contributed by atoms with Crippen LogP contribution in [0.1, 0.15) is 43.5 Å². The number of rotatable bonds is 7. The van der Waals surface area contributed by atoms with E-state index < -0.39 is 11.9 Å². The summed E-state index contributed by atoms with van der Waals surface area (Å²) in [4.78, 5) is 38.1. The van der Waals surface area contributed by atoms with Gasteiger partial charge in [-0.15, -0.1) is 0 Å². The van der Waals surface area contributed by atoms with E-state index in [1.54, 1.807) is 4.90 Å². The van der Waals surface area contributed by atoms with Crippen molar-refractivity contribution in [3.05, 3.63) is 35.6 Å². The Morgan fingerprint density at radius 2 is 1.81 bits per heavy atom. The second kappa shape index (κ2) is 9.31. The molecule has 142 valence electrons. The standard InChI is InChI=1S/C19H26FN3O3/c1-13(2)12-17(24)23-11-3-4-16(23)19(26)22-10-9-21-18(25)14-5-7-15(20)8-6-14/h5-8,13,16H,3-4,9-12H2,1-2H3,(H,21,25)(H,22,26)/t16-/m0/s1. The molecule has 2 rings (SSSR count). The SMILES string of the molecule is CC(C)CC(=O)N1CCC[C@H]1C(=O)NCCNC(=O)c1ccc(F)cc1. The van der Waals surface area contributed by atoms with E-state index >= 15 is 0 Å². The van der Waals surface area contributed by atoms with Crippen molar-refractivity contribution in [2.24, 2.45) is 5.92 Å². The van der Waals surface area contributed by atoms with Gasteiger partial charge in [0.1, 0.15) is 11.9 Å². The Bertz CT molecular complexity index is 646. The van der Waals surface area contributed by atoms with Gasteiger partial charge in [-0.1, -0.05) is 13.8 Å². The van der Waals surface area contributed by atoms with Gasteiger partial charge in [0, 0.05) is 31.6 Å². The van der Waals surface area contributed by atoms with Crippen LogP contribution in [-0.4, -0.2) is 48.3 Å². The zero-order valence-electron chi connectivity index (χ0n) is 15.3. The second-order valence-corrected chi connectivity index (χ2v) is 6.90. The van der Waals surface area contributed by atoms with E-state index in [0.29, 0.717) is 24.9 Å². The summed E-state index contributed by atoms with van der Waals surface area (Å²) in [5.74, 6) is -0.637. The number of likely N-dealkylation sites (tertiary alicyclic amines) is 1. The molecule has 0 aromatic heterocycles. The van der Waals surface area contributed by atoms with Crippen LogP contribution in [0.25, 0.3) is 0 Å². The summed E-state index contributed by atoms with van der Waals surface area (Å²) in [7, 11) is 0. The Morgan fingerprint density at radius 1 is 1.15 bits per heavy atom. The normalized spacial score (nSPS) is 16.6. The number of carbonyl (C=O) groups excluding carboxylic acids is 3. The van der Waals surface area contributed by atoms with Crippen LogP contribution in [0.15, 0.2) is 24.3 Å². The van der Waals surface area contributed by atoms with E-state index in [1.165, 1.54) is 24.3 Å². The molecule has 1 aromatic rings. The summed E-state index contributed by atoms with van der Waals surface area (Å²) in [6.07, 6.45) is 1.93. The van der Waals surface area contributed by atoms with Gasteiger partial charge in [-0.05, 0) is 43.0 Å². The number of nitrogens with one attached hydrogen (secondary N) is 2. The fourth-order valence-corrected chi connectivity index (χ4v) is 2.99. The van der Waals surface area contributed by atoms with E-state index in [9.17, 15) is 18.8 Å². The molecule has 0 spiro atoms. The van der Waals surface area contributed by atoms with Crippen LogP contribution >= 0.6 is 0 Å². The molecule has 1 heterocycles. The summed E-state index contributed by atoms with van der Waals surface area (Å²) in [5, 5.41) is 5.44. The molecule has 0 saturated carbocycles. The van der Waals surface area contributed by atoms with Gasteiger partial charge < -0.3 is 15.5 Å². The highest BCUT2D eigenvalue weighted by molar-refractivity contribution is 5.94. The van der Waals surface area contributed by atoms with Gasteiger partial charge in [-0.25, -0.2) is 4.39 Å². The van der Waals surface area contributed by atoms with E-state index in [2.05, 4.69) is 10.6 Å². The fraction of sp³-hybridized carbons (Fsp3) is 0.526. The van der Waals surface area contributed by atoms with Crippen LogP contribution in [0.4, 0.5) is 4.39 Å². The first-order valence-corrected chi connectivity index (χ1v) is 8.99. The highest BCUT2D eigenvalue weighted by Gasteiger charge is 2.33. The van der Waals surface area contributed by atoms with Gasteiger partial charge in [0.25, 0.3) is 5.91 Å². The molecule has 1 aliphatic heterocycles. The maximum atomic E-state index is 12.8. The maximum Gasteiger partial charge on any atom is 0.251 e. The van der Waals surface area contributed by atoms with Gasteiger partial charge >= 0.3 is 0 Å². The second-order valence-electron chi connectivity index (χ2n) is 6.90. The molecule has 7 heteroatoms. The summed E-state index contributed by atoms with van der Waals surface area (Å²) >= 11 is 0. The Labute approximate surface area is 153 Å². The monoisotopic (exact) mass is 363 g/mol. The Kier molecular flexibility index (Phi) is 7.12. The molecular weight excluding hydrogens is 337 g/mol. The third kappa shape index (κ3) is 5.54. The maximum absolute atomic E-state index is 12.8. The Morgan fingerprint density at radius 3 is 2.46 bits per heavy atom. The number of benzene rings is 1. The minimum atomic E-state index is -0.422. The van der Waals surface area contributed by atoms with Crippen molar-refractivity contribution in [2.45, 2.75) is 39.2 Å². The lowest BCUT2D eigenvalue weighted by Gasteiger charge is -2.24. The van der Waals surface area contributed by atoms with Crippen molar-refractivity contribution in [2.75, 3.05) is 19.6 Å². The molecule has 0 unspecified atom stereocenters. The topological polar surface area (TPSA) is 78.5 Å². The third-order valence-electron chi connectivity index (χ3n) is 4.27. The van der Waals surface area contributed by atoms with Crippen molar-refractivity contribution >= 4 is 17.7 Å². The summed E-state index contributed by atoms with van der Waals surface area (Å²) in [5.41, 5.74) is 0.360. The largest absolute Gasteiger partial charge is 0.353 e. The average molecular weight is 363 g/mol. The van der Waals surface area contributed by atoms with E-state index in [-0.39, 0.29) is 36.7 Å². The van der Waals surface area contributed by atoms with Gasteiger partial charge in [0.15, 0.2) is 0 Å². The first-order chi connectivity index (χ1) is 12.4. The van der Waals surface area contributed by atoms with Crippen molar-refractivity contribution in [3.8, 4) is 0 Å². The highest BCUT2D eigenvalue weighted by Crippen LogP contribution is 2.19. The summed E-state index contributed by atoms with van der Waals surface area (Å²) < 4.78 is 12.8. The van der Waals surface area contributed by atoms with Crippen LogP contribution < -0.4 is 10.6 Å². The lowest BCUT2D eigenvalue weighted by Crippen LogP contribution is -2.47. The predicted octanol–water partition coefficient (Wildman–Crippen LogP) is 1.71. The number of nitrogens with zero attached hydrogens (tertiary/aromatic N) is 1. The van der Waals surface area contributed by atoms with Crippen LogP contribution in [0.5, 0.6) is 0 Å². The number of halogens is 1. The van der Waals surface area contributed by atoms with E-state index in [1.807, 2.05) is 13.8 Å².